The number of carbonyl (C=O) groups excluding carboxylic acids is 2. The molecule has 1 atom stereocenters. The van der Waals surface area contributed by atoms with Crippen LogP contribution in [-0.4, -0.2) is 11.6 Å². The second-order valence-electron chi connectivity index (χ2n) is 6.97. The third-order valence-corrected chi connectivity index (χ3v) is 3.96. The maximum Gasteiger partial charge on any atom is 0.137 e. The molecular formula is C27H52O2. The van der Waals surface area contributed by atoms with Gasteiger partial charge in [-0.05, 0) is 38.2 Å². The zero-order chi connectivity index (χ0) is 23.7. The van der Waals surface area contributed by atoms with E-state index in [1.165, 1.54) is 6.42 Å². The summed E-state index contributed by atoms with van der Waals surface area (Å²) in [4.78, 5) is 21.5. The molecule has 1 aromatic carbocycles. The third kappa shape index (κ3) is 28.9. The lowest BCUT2D eigenvalue weighted by Gasteiger charge is -2.13. The summed E-state index contributed by atoms with van der Waals surface area (Å²) in [6, 6.07) is 10.1. The molecular weight excluding hydrogens is 356 g/mol. The highest BCUT2D eigenvalue weighted by Gasteiger charge is 2.14. The first kappa shape index (κ1) is 35.0. The van der Waals surface area contributed by atoms with Gasteiger partial charge in [0.2, 0.25) is 0 Å². The van der Waals surface area contributed by atoms with Crippen molar-refractivity contribution in [1.29, 1.82) is 0 Å². The van der Waals surface area contributed by atoms with Crippen molar-refractivity contribution >= 4 is 11.6 Å². The molecule has 0 aliphatic heterocycles. The molecule has 0 N–H and O–H groups in total. The van der Waals surface area contributed by atoms with E-state index < -0.39 is 0 Å². The Bertz CT molecular complexity index is 435. The first-order valence-electron chi connectivity index (χ1n) is 11.8. The van der Waals surface area contributed by atoms with E-state index in [-0.39, 0.29) is 17.5 Å². The Morgan fingerprint density at radius 3 is 1.52 bits per heavy atom. The van der Waals surface area contributed by atoms with E-state index in [0.717, 1.165) is 43.6 Å². The van der Waals surface area contributed by atoms with Crippen LogP contribution in [0.1, 0.15) is 126 Å². The summed E-state index contributed by atoms with van der Waals surface area (Å²) < 4.78 is 0. The molecule has 0 aliphatic carbocycles. The SMILES string of the molecule is CC.CC.CCC(C)C.CCCC(C)=O.CCCCC(C(C)=O)c1ccccc1. The number of rotatable bonds is 8. The summed E-state index contributed by atoms with van der Waals surface area (Å²) >= 11 is 0. The summed E-state index contributed by atoms with van der Waals surface area (Å²) in [6.07, 6.45) is 6.28. The Kier molecular flexibility index (Phi) is 34.7. The van der Waals surface area contributed by atoms with E-state index in [1.807, 2.05) is 65.0 Å². The molecule has 0 radical (unpaired) electrons. The number of hydrogen-bond donors (Lipinski definition) is 0. The molecule has 2 heteroatoms. The van der Waals surface area contributed by atoms with Crippen molar-refractivity contribution in [2.75, 3.05) is 0 Å². The molecule has 0 aliphatic rings. The van der Waals surface area contributed by atoms with E-state index in [1.54, 1.807) is 13.8 Å². The first-order valence-corrected chi connectivity index (χ1v) is 11.8. The fraction of sp³-hybridized carbons (Fsp3) is 0.704. The lowest BCUT2D eigenvalue weighted by Crippen LogP contribution is -2.08. The highest BCUT2D eigenvalue weighted by molar-refractivity contribution is 5.83. The van der Waals surface area contributed by atoms with Crippen LogP contribution in [0, 0.1) is 5.92 Å². The Balaban J connectivity index is -0.000000174. The van der Waals surface area contributed by atoms with Crippen LogP contribution in [0.4, 0.5) is 0 Å². The van der Waals surface area contributed by atoms with Crippen LogP contribution in [0.15, 0.2) is 30.3 Å². The topological polar surface area (TPSA) is 34.1 Å². The minimum atomic E-state index is 0.108. The Morgan fingerprint density at radius 2 is 1.28 bits per heavy atom. The van der Waals surface area contributed by atoms with Gasteiger partial charge in [-0.1, -0.05) is 112 Å². The summed E-state index contributed by atoms with van der Waals surface area (Å²) in [5.41, 5.74) is 1.16. The van der Waals surface area contributed by atoms with E-state index in [0.29, 0.717) is 0 Å². The summed E-state index contributed by atoms with van der Waals surface area (Å²) in [6.45, 7) is 22.1. The van der Waals surface area contributed by atoms with E-state index in [9.17, 15) is 9.59 Å². The third-order valence-electron chi connectivity index (χ3n) is 3.96. The van der Waals surface area contributed by atoms with Gasteiger partial charge < -0.3 is 4.79 Å². The normalized spacial score (nSPS) is 9.79. The molecule has 0 heterocycles. The van der Waals surface area contributed by atoms with Gasteiger partial charge in [-0.15, -0.1) is 0 Å². The Labute approximate surface area is 183 Å². The maximum atomic E-state index is 11.5. The molecule has 0 saturated carbocycles. The second-order valence-corrected chi connectivity index (χ2v) is 6.97. The molecule has 2 nitrogen and oxygen atoms in total. The molecule has 0 saturated heterocycles. The van der Waals surface area contributed by atoms with Gasteiger partial charge in [-0.25, -0.2) is 0 Å². The number of benzene rings is 1. The molecule has 0 aromatic heterocycles. The van der Waals surface area contributed by atoms with E-state index >= 15 is 0 Å². The highest BCUT2D eigenvalue weighted by atomic mass is 16.1. The highest BCUT2D eigenvalue weighted by Crippen LogP contribution is 2.22. The van der Waals surface area contributed by atoms with E-state index in [4.69, 9.17) is 0 Å². The van der Waals surface area contributed by atoms with Crippen molar-refractivity contribution in [3.8, 4) is 0 Å². The number of unbranched alkanes of at least 4 members (excludes halogenated alkanes) is 1. The van der Waals surface area contributed by atoms with Gasteiger partial charge in [0, 0.05) is 12.3 Å². The van der Waals surface area contributed by atoms with Crippen molar-refractivity contribution in [3.05, 3.63) is 35.9 Å². The van der Waals surface area contributed by atoms with Crippen LogP contribution in [-0.2, 0) is 9.59 Å². The molecule has 1 rings (SSSR count). The summed E-state index contributed by atoms with van der Waals surface area (Å²) in [5.74, 6) is 1.56. The molecule has 29 heavy (non-hydrogen) atoms. The fourth-order valence-corrected chi connectivity index (χ4v) is 2.05. The summed E-state index contributed by atoms with van der Waals surface area (Å²) in [5, 5.41) is 0. The predicted molar refractivity (Wildman–Crippen MR) is 133 cm³/mol. The van der Waals surface area contributed by atoms with Crippen LogP contribution >= 0.6 is 0 Å². The molecule has 1 unspecified atom stereocenters. The fourth-order valence-electron chi connectivity index (χ4n) is 2.05. The minimum absolute atomic E-state index is 0.108. The first-order chi connectivity index (χ1) is 13.8. The second kappa shape index (κ2) is 28.8. The van der Waals surface area contributed by atoms with Gasteiger partial charge >= 0.3 is 0 Å². The molecule has 1 aromatic rings. The smallest absolute Gasteiger partial charge is 0.137 e. The van der Waals surface area contributed by atoms with Gasteiger partial charge in [0.1, 0.15) is 11.6 Å². The number of carbonyl (C=O) groups is 2. The van der Waals surface area contributed by atoms with Crippen molar-refractivity contribution in [3.63, 3.8) is 0 Å². The lowest BCUT2D eigenvalue weighted by atomic mass is 9.90. The largest absolute Gasteiger partial charge is 0.300 e. The number of ketones is 2. The average Bonchev–Trinajstić information content (AvgIpc) is 2.72. The standard InChI is InChI=1S/C13H18O.C5H10O.C5H12.2C2H6/c1-3-4-10-13(11(2)14)12-8-6-5-7-9-12;1-3-4-5(2)6;1-4-5(2)3;2*1-2/h5-9,13H,3-4,10H2,1-2H3;3-4H2,1-2H3;5H,4H2,1-3H3;2*1-2H3. The predicted octanol–water partition coefficient (Wildman–Crippen LogP) is 9.03. The van der Waals surface area contributed by atoms with Gasteiger partial charge in [0.15, 0.2) is 0 Å². The van der Waals surface area contributed by atoms with Gasteiger partial charge in [-0.2, -0.15) is 0 Å². The van der Waals surface area contributed by atoms with Crippen LogP contribution in [0.2, 0.25) is 0 Å². The van der Waals surface area contributed by atoms with Gasteiger partial charge in [-0.3, -0.25) is 4.79 Å². The van der Waals surface area contributed by atoms with Crippen LogP contribution < -0.4 is 0 Å². The Morgan fingerprint density at radius 1 is 0.828 bits per heavy atom. The van der Waals surface area contributed by atoms with Gasteiger partial charge in [0.25, 0.3) is 0 Å². The lowest BCUT2D eigenvalue weighted by molar-refractivity contribution is -0.118. The Hall–Kier alpha value is -1.44. The number of hydrogen-bond acceptors (Lipinski definition) is 2. The quantitative estimate of drug-likeness (QED) is 0.430. The monoisotopic (exact) mass is 408 g/mol. The molecule has 0 bridgehead atoms. The van der Waals surface area contributed by atoms with Crippen molar-refractivity contribution in [2.45, 2.75) is 121 Å². The van der Waals surface area contributed by atoms with E-state index in [2.05, 4.69) is 27.7 Å². The maximum absolute atomic E-state index is 11.5. The zero-order valence-electron chi connectivity index (χ0n) is 21.6. The summed E-state index contributed by atoms with van der Waals surface area (Å²) in [7, 11) is 0. The van der Waals surface area contributed by atoms with Gasteiger partial charge in [0.05, 0.1) is 0 Å². The molecule has 172 valence electrons. The van der Waals surface area contributed by atoms with Crippen LogP contribution in [0.5, 0.6) is 0 Å². The van der Waals surface area contributed by atoms with Crippen molar-refractivity contribution in [2.24, 2.45) is 5.92 Å². The van der Waals surface area contributed by atoms with Crippen molar-refractivity contribution in [1.82, 2.24) is 0 Å². The average molecular weight is 409 g/mol. The molecule has 0 amide bonds. The number of Topliss-reactive ketones (excluding diaryl/α,β-unsaturated/α-hetero) is 2. The molecule has 0 fully saturated rings. The van der Waals surface area contributed by atoms with Crippen molar-refractivity contribution < 1.29 is 9.59 Å². The zero-order valence-corrected chi connectivity index (χ0v) is 21.6. The van der Waals surface area contributed by atoms with Crippen LogP contribution in [0.3, 0.4) is 0 Å². The molecule has 0 spiro atoms. The minimum Gasteiger partial charge on any atom is -0.300 e. The van der Waals surface area contributed by atoms with Crippen LogP contribution in [0.25, 0.3) is 0 Å².